The van der Waals surface area contributed by atoms with Crippen LogP contribution in [-0.4, -0.2) is 36.2 Å². The molecule has 0 aliphatic heterocycles. The topological polar surface area (TPSA) is 55.6 Å². The third kappa shape index (κ3) is 5.47. The van der Waals surface area contributed by atoms with Gasteiger partial charge in [-0.1, -0.05) is 0 Å². The number of nitrogens with two attached hydrogens (primary N) is 1. The summed E-state index contributed by atoms with van der Waals surface area (Å²) < 4.78 is 5.01. The average Bonchev–Trinajstić information content (AvgIpc) is 2.02. The highest BCUT2D eigenvalue weighted by molar-refractivity contribution is 5.67. The van der Waals surface area contributed by atoms with E-state index in [1.807, 2.05) is 27.7 Å². The van der Waals surface area contributed by atoms with Crippen LogP contribution in [0.3, 0.4) is 0 Å². The van der Waals surface area contributed by atoms with Crippen LogP contribution in [0.25, 0.3) is 0 Å². The Morgan fingerprint density at radius 3 is 2.15 bits per heavy atom. The molecule has 4 heteroatoms. The molecule has 0 fully saturated rings. The van der Waals surface area contributed by atoms with Gasteiger partial charge in [0.25, 0.3) is 0 Å². The second-order valence-corrected chi connectivity index (χ2v) is 3.72. The highest BCUT2D eigenvalue weighted by atomic mass is 16.6. The van der Waals surface area contributed by atoms with Crippen LogP contribution in [0.1, 0.15) is 27.7 Å². The van der Waals surface area contributed by atoms with Gasteiger partial charge in [-0.3, -0.25) is 0 Å². The second-order valence-electron chi connectivity index (χ2n) is 3.72. The maximum Gasteiger partial charge on any atom is 0.409 e. The van der Waals surface area contributed by atoms with Crippen LogP contribution in [-0.2, 0) is 4.74 Å². The van der Waals surface area contributed by atoms with E-state index < -0.39 is 5.54 Å². The van der Waals surface area contributed by atoms with Crippen LogP contribution >= 0.6 is 0 Å². The summed E-state index contributed by atoms with van der Waals surface area (Å²) in [6.45, 7) is 9.06. The first kappa shape index (κ1) is 12.2. The van der Waals surface area contributed by atoms with Gasteiger partial charge in [-0.15, -0.1) is 0 Å². The quantitative estimate of drug-likeness (QED) is 0.721. The summed E-state index contributed by atoms with van der Waals surface area (Å²) >= 11 is 0. The minimum absolute atomic E-state index is 0.252. The van der Waals surface area contributed by atoms with Crippen molar-refractivity contribution in [1.29, 1.82) is 0 Å². The fourth-order valence-electron chi connectivity index (χ4n) is 0.821. The Morgan fingerprint density at radius 2 is 1.85 bits per heavy atom. The smallest absolute Gasteiger partial charge is 0.409 e. The molecule has 0 bridgehead atoms. The standard InChI is InChI=1S/C9H20N2O2/c1-5-11(6-2)8(12)13-7-9(3,4)10/h5-7,10H2,1-4H3. The Balaban J connectivity index is 3.86. The first-order valence-electron chi connectivity index (χ1n) is 4.61. The number of carbonyl (C=O) groups is 1. The highest BCUT2D eigenvalue weighted by Gasteiger charge is 2.16. The van der Waals surface area contributed by atoms with Gasteiger partial charge in [0, 0.05) is 18.6 Å². The van der Waals surface area contributed by atoms with Crippen LogP contribution in [0.4, 0.5) is 4.79 Å². The lowest BCUT2D eigenvalue weighted by Gasteiger charge is -2.22. The summed E-state index contributed by atoms with van der Waals surface area (Å²) in [6.07, 6.45) is -0.288. The lowest BCUT2D eigenvalue weighted by Crippen LogP contribution is -2.41. The zero-order chi connectivity index (χ0) is 10.5. The summed E-state index contributed by atoms with van der Waals surface area (Å²) in [4.78, 5) is 12.9. The van der Waals surface area contributed by atoms with Crippen molar-refractivity contribution in [1.82, 2.24) is 4.90 Å². The first-order valence-corrected chi connectivity index (χ1v) is 4.61. The first-order chi connectivity index (χ1) is 5.90. The van der Waals surface area contributed by atoms with Crippen molar-refractivity contribution >= 4 is 6.09 Å². The van der Waals surface area contributed by atoms with Gasteiger partial charge in [-0.2, -0.15) is 0 Å². The molecule has 0 aromatic carbocycles. The van der Waals surface area contributed by atoms with E-state index in [2.05, 4.69) is 0 Å². The van der Waals surface area contributed by atoms with E-state index >= 15 is 0 Å². The molecule has 0 radical (unpaired) electrons. The molecule has 0 spiro atoms. The van der Waals surface area contributed by atoms with Crippen molar-refractivity contribution in [2.45, 2.75) is 33.2 Å². The Kier molecular flexibility index (Phi) is 4.77. The number of ether oxygens (including phenoxy) is 1. The summed E-state index contributed by atoms with van der Waals surface area (Å²) in [7, 11) is 0. The summed E-state index contributed by atoms with van der Waals surface area (Å²) in [5, 5.41) is 0. The third-order valence-electron chi connectivity index (χ3n) is 1.59. The fraction of sp³-hybridized carbons (Fsp3) is 0.889. The lowest BCUT2D eigenvalue weighted by molar-refractivity contribution is 0.0894. The van der Waals surface area contributed by atoms with Crippen molar-refractivity contribution in [3.63, 3.8) is 0 Å². The van der Waals surface area contributed by atoms with E-state index in [1.165, 1.54) is 0 Å². The molecule has 0 unspecified atom stereocenters. The summed E-state index contributed by atoms with van der Waals surface area (Å²) in [5.74, 6) is 0. The van der Waals surface area contributed by atoms with E-state index in [-0.39, 0.29) is 12.7 Å². The molecule has 0 aliphatic rings. The van der Waals surface area contributed by atoms with Crippen LogP contribution < -0.4 is 5.73 Å². The van der Waals surface area contributed by atoms with Gasteiger partial charge in [0.1, 0.15) is 6.61 Å². The van der Waals surface area contributed by atoms with Crippen molar-refractivity contribution in [3.05, 3.63) is 0 Å². The molecule has 0 aromatic rings. The Morgan fingerprint density at radius 1 is 1.38 bits per heavy atom. The van der Waals surface area contributed by atoms with Crippen LogP contribution in [0.5, 0.6) is 0 Å². The number of rotatable bonds is 4. The third-order valence-corrected chi connectivity index (χ3v) is 1.59. The second kappa shape index (κ2) is 5.07. The van der Waals surface area contributed by atoms with E-state index in [9.17, 15) is 4.79 Å². The van der Waals surface area contributed by atoms with E-state index in [0.29, 0.717) is 13.1 Å². The lowest BCUT2D eigenvalue weighted by atomic mass is 10.1. The molecule has 2 N–H and O–H groups in total. The van der Waals surface area contributed by atoms with Gasteiger partial charge >= 0.3 is 6.09 Å². The zero-order valence-corrected chi connectivity index (χ0v) is 8.96. The molecule has 78 valence electrons. The van der Waals surface area contributed by atoms with Crippen molar-refractivity contribution < 1.29 is 9.53 Å². The molecule has 0 atom stereocenters. The maximum atomic E-state index is 11.3. The predicted molar refractivity (Wildman–Crippen MR) is 52.5 cm³/mol. The fourth-order valence-corrected chi connectivity index (χ4v) is 0.821. The molecule has 4 nitrogen and oxygen atoms in total. The summed E-state index contributed by atoms with van der Waals surface area (Å²) in [6, 6.07) is 0. The largest absolute Gasteiger partial charge is 0.447 e. The van der Waals surface area contributed by atoms with Crippen LogP contribution in [0.15, 0.2) is 0 Å². The molecular formula is C9H20N2O2. The number of amides is 1. The molecule has 0 aliphatic carbocycles. The highest BCUT2D eigenvalue weighted by Crippen LogP contribution is 2.00. The van der Waals surface area contributed by atoms with Gasteiger partial charge in [0.15, 0.2) is 0 Å². The van der Waals surface area contributed by atoms with E-state index in [4.69, 9.17) is 10.5 Å². The van der Waals surface area contributed by atoms with Crippen LogP contribution in [0.2, 0.25) is 0 Å². The van der Waals surface area contributed by atoms with Crippen molar-refractivity contribution in [2.24, 2.45) is 5.73 Å². The predicted octanol–water partition coefficient (Wildman–Crippen LogP) is 1.20. The van der Waals surface area contributed by atoms with Gasteiger partial charge in [-0.25, -0.2) is 4.79 Å². The van der Waals surface area contributed by atoms with E-state index in [1.54, 1.807) is 4.90 Å². The monoisotopic (exact) mass is 188 g/mol. The number of hydrogen-bond acceptors (Lipinski definition) is 3. The average molecular weight is 188 g/mol. The molecule has 13 heavy (non-hydrogen) atoms. The number of hydrogen-bond donors (Lipinski definition) is 1. The zero-order valence-electron chi connectivity index (χ0n) is 8.96. The van der Waals surface area contributed by atoms with Crippen LogP contribution in [0, 0.1) is 0 Å². The maximum absolute atomic E-state index is 11.3. The number of carbonyl (C=O) groups excluding carboxylic acids is 1. The van der Waals surface area contributed by atoms with Crippen molar-refractivity contribution in [3.8, 4) is 0 Å². The molecular weight excluding hydrogens is 168 g/mol. The SMILES string of the molecule is CCN(CC)C(=O)OCC(C)(C)N. The normalized spacial score (nSPS) is 11.2. The molecule has 0 saturated heterocycles. The van der Waals surface area contributed by atoms with E-state index in [0.717, 1.165) is 0 Å². The minimum Gasteiger partial charge on any atom is -0.447 e. The molecule has 0 rings (SSSR count). The Labute approximate surface area is 80.0 Å². The van der Waals surface area contributed by atoms with Gasteiger partial charge < -0.3 is 15.4 Å². The number of nitrogens with zero attached hydrogens (tertiary/aromatic N) is 1. The van der Waals surface area contributed by atoms with Crippen molar-refractivity contribution in [2.75, 3.05) is 19.7 Å². The minimum atomic E-state index is -0.456. The molecule has 1 amide bonds. The van der Waals surface area contributed by atoms with Gasteiger partial charge in [0.2, 0.25) is 0 Å². The molecule has 0 heterocycles. The molecule has 0 aromatic heterocycles. The summed E-state index contributed by atoms with van der Waals surface area (Å²) in [5.41, 5.74) is 5.22. The molecule has 0 saturated carbocycles. The van der Waals surface area contributed by atoms with Gasteiger partial charge in [-0.05, 0) is 27.7 Å². The Hall–Kier alpha value is -0.770. The van der Waals surface area contributed by atoms with Gasteiger partial charge in [0.05, 0.1) is 0 Å². The Bertz CT molecular complexity index is 159.